The van der Waals surface area contributed by atoms with Gasteiger partial charge in [0.05, 0.1) is 18.2 Å². The lowest BCUT2D eigenvalue weighted by atomic mass is 9.91. The van der Waals surface area contributed by atoms with Crippen LogP contribution in [0.3, 0.4) is 0 Å². The average Bonchev–Trinajstić information content (AvgIpc) is 2.85. The SMILES string of the molecule is CCC[C@@H]([C@@H](Cc1ccco1)C(=O)O)N(O)C=O. The highest BCUT2D eigenvalue weighted by Gasteiger charge is 2.32. The van der Waals surface area contributed by atoms with Crippen LogP contribution in [0.25, 0.3) is 0 Å². The van der Waals surface area contributed by atoms with Crippen LogP contribution in [0.1, 0.15) is 25.5 Å². The van der Waals surface area contributed by atoms with Crippen LogP contribution in [0.5, 0.6) is 0 Å². The minimum Gasteiger partial charge on any atom is -0.481 e. The number of nitrogens with zero attached hydrogens (tertiary/aromatic N) is 1. The van der Waals surface area contributed by atoms with Crippen molar-refractivity contribution in [2.75, 3.05) is 0 Å². The Morgan fingerprint density at radius 3 is 2.78 bits per heavy atom. The number of carboxylic acids is 1. The van der Waals surface area contributed by atoms with Gasteiger partial charge in [0.2, 0.25) is 6.41 Å². The molecule has 1 heterocycles. The zero-order chi connectivity index (χ0) is 13.5. The van der Waals surface area contributed by atoms with Gasteiger partial charge in [0, 0.05) is 6.42 Å². The summed E-state index contributed by atoms with van der Waals surface area (Å²) < 4.78 is 5.10. The van der Waals surface area contributed by atoms with Gasteiger partial charge in [0.15, 0.2) is 0 Å². The Bertz CT molecular complexity index is 376. The Kier molecular flexibility index (Phi) is 5.38. The highest BCUT2D eigenvalue weighted by molar-refractivity contribution is 5.71. The summed E-state index contributed by atoms with van der Waals surface area (Å²) in [6.45, 7) is 1.86. The van der Waals surface area contributed by atoms with Crippen molar-refractivity contribution >= 4 is 12.4 Å². The van der Waals surface area contributed by atoms with E-state index in [2.05, 4.69) is 0 Å². The van der Waals surface area contributed by atoms with Gasteiger partial charge >= 0.3 is 5.97 Å². The Balaban J connectivity index is 2.85. The standard InChI is InChI=1S/C12H17NO5/c1-2-4-11(13(17)8-14)10(12(15)16)7-9-5-3-6-18-9/h3,5-6,8,10-11,17H,2,4,7H2,1H3,(H,15,16)/t10-,11+/m1/s1. The smallest absolute Gasteiger partial charge is 0.309 e. The van der Waals surface area contributed by atoms with Gasteiger partial charge in [-0.15, -0.1) is 0 Å². The van der Waals surface area contributed by atoms with Crippen LogP contribution in [0.15, 0.2) is 22.8 Å². The number of carbonyl (C=O) groups excluding carboxylic acids is 1. The van der Waals surface area contributed by atoms with Crippen molar-refractivity contribution in [3.63, 3.8) is 0 Å². The number of hydrogen-bond acceptors (Lipinski definition) is 4. The van der Waals surface area contributed by atoms with Crippen LogP contribution >= 0.6 is 0 Å². The fourth-order valence-corrected chi connectivity index (χ4v) is 1.93. The summed E-state index contributed by atoms with van der Waals surface area (Å²) in [6, 6.07) is 2.58. The topological polar surface area (TPSA) is 91.0 Å². The third-order valence-electron chi connectivity index (χ3n) is 2.82. The van der Waals surface area contributed by atoms with Crippen LogP contribution in [-0.2, 0) is 16.0 Å². The number of hydrogen-bond donors (Lipinski definition) is 2. The van der Waals surface area contributed by atoms with E-state index in [9.17, 15) is 19.9 Å². The van der Waals surface area contributed by atoms with E-state index in [4.69, 9.17) is 4.42 Å². The quantitative estimate of drug-likeness (QED) is 0.417. The molecule has 1 rings (SSSR count). The van der Waals surface area contributed by atoms with E-state index in [-0.39, 0.29) is 12.8 Å². The molecule has 0 radical (unpaired) electrons. The van der Waals surface area contributed by atoms with Crippen LogP contribution in [0, 0.1) is 5.92 Å². The second-order valence-electron chi connectivity index (χ2n) is 4.07. The molecule has 1 aromatic rings. The predicted molar refractivity (Wildman–Crippen MR) is 61.9 cm³/mol. The first-order chi connectivity index (χ1) is 8.60. The summed E-state index contributed by atoms with van der Waals surface area (Å²) in [7, 11) is 0. The fraction of sp³-hybridized carbons (Fsp3) is 0.500. The number of carboxylic acid groups (broad SMARTS) is 1. The van der Waals surface area contributed by atoms with E-state index >= 15 is 0 Å². The number of aliphatic carboxylic acids is 1. The van der Waals surface area contributed by atoms with Crippen molar-refractivity contribution in [1.29, 1.82) is 0 Å². The van der Waals surface area contributed by atoms with Crippen LogP contribution in [0.2, 0.25) is 0 Å². The Morgan fingerprint density at radius 1 is 1.61 bits per heavy atom. The minimum absolute atomic E-state index is 0.137. The summed E-state index contributed by atoms with van der Waals surface area (Å²) in [5, 5.41) is 19.1. The molecule has 0 saturated carbocycles. The lowest BCUT2D eigenvalue weighted by Gasteiger charge is -2.27. The van der Waals surface area contributed by atoms with E-state index in [1.54, 1.807) is 12.1 Å². The van der Waals surface area contributed by atoms with Crippen molar-refractivity contribution in [3.8, 4) is 0 Å². The maximum absolute atomic E-state index is 11.3. The molecule has 0 bridgehead atoms. The summed E-state index contributed by atoms with van der Waals surface area (Å²) in [6.07, 6.45) is 2.90. The van der Waals surface area contributed by atoms with Gasteiger partial charge in [-0.2, -0.15) is 0 Å². The lowest BCUT2D eigenvalue weighted by Crippen LogP contribution is -2.42. The zero-order valence-electron chi connectivity index (χ0n) is 10.2. The van der Waals surface area contributed by atoms with E-state index < -0.39 is 17.9 Å². The molecule has 0 aromatic carbocycles. The van der Waals surface area contributed by atoms with Gasteiger partial charge in [-0.3, -0.25) is 14.8 Å². The van der Waals surface area contributed by atoms with Gasteiger partial charge in [0.1, 0.15) is 5.76 Å². The maximum atomic E-state index is 11.3. The Morgan fingerprint density at radius 2 is 2.33 bits per heavy atom. The Hall–Kier alpha value is -1.82. The molecule has 0 saturated heterocycles. The molecule has 0 fully saturated rings. The molecule has 0 aliphatic rings. The van der Waals surface area contributed by atoms with Crippen molar-refractivity contribution in [2.24, 2.45) is 5.92 Å². The summed E-state index contributed by atoms with van der Waals surface area (Å²) in [4.78, 5) is 21.9. The van der Waals surface area contributed by atoms with Crippen LogP contribution < -0.4 is 0 Å². The van der Waals surface area contributed by atoms with Crippen molar-refractivity contribution in [2.45, 2.75) is 32.2 Å². The fourth-order valence-electron chi connectivity index (χ4n) is 1.93. The van der Waals surface area contributed by atoms with E-state index in [0.29, 0.717) is 23.7 Å². The molecule has 0 aliphatic heterocycles. The number of furan rings is 1. The molecule has 6 heteroatoms. The number of amides is 1. The van der Waals surface area contributed by atoms with Gasteiger partial charge < -0.3 is 9.52 Å². The zero-order valence-corrected chi connectivity index (χ0v) is 10.2. The first-order valence-corrected chi connectivity index (χ1v) is 5.77. The molecule has 2 atom stereocenters. The van der Waals surface area contributed by atoms with Crippen LogP contribution in [-0.4, -0.2) is 33.8 Å². The number of rotatable bonds is 8. The molecule has 1 amide bonds. The minimum atomic E-state index is -1.06. The van der Waals surface area contributed by atoms with E-state index in [0.717, 1.165) is 0 Å². The third kappa shape index (κ3) is 3.59. The second kappa shape index (κ2) is 6.80. The second-order valence-corrected chi connectivity index (χ2v) is 4.07. The number of carbonyl (C=O) groups is 2. The van der Waals surface area contributed by atoms with E-state index in [1.165, 1.54) is 6.26 Å². The molecule has 6 nitrogen and oxygen atoms in total. The first-order valence-electron chi connectivity index (χ1n) is 5.77. The van der Waals surface area contributed by atoms with Gasteiger partial charge in [-0.1, -0.05) is 13.3 Å². The molecule has 0 unspecified atom stereocenters. The predicted octanol–water partition coefficient (Wildman–Crippen LogP) is 1.54. The van der Waals surface area contributed by atoms with Gasteiger partial charge in [0.25, 0.3) is 0 Å². The van der Waals surface area contributed by atoms with E-state index in [1.807, 2.05) is 6.92 Å². The molecular formula is C12H17NO5. The highest BCUT2D eigenvalue weighted by Crippen LogP contribution is 2.20. The molecule has 1 aromatic heterocycles. The largest absolute Gasteiger partial charge is 0.481 e. The van der Waals surface area contributed by atoms with Crippen molar-refractivity contribution < 1.29 is 24.3 Å². The summed E-state index contributed by atoms with van der Waals surface area (Å²) >= 11 is 0. The van der Waals surface area contributed by atoms with Crippen molar-refractivity contribution in [3.05, 3.63) is 24.2 Å². The number of hydroxylamine groups is 2. The average molecular weight is 255 g/mol. The molecule has 2 N–H and O–H groups in total. The molecule has 0 aliphatic carbocycles. The Labute approximate surface area is 105 Å². The summed E-state index contributed by atoms with van der Waals surface area (Å²) in [5.41, 5.74) is 0. The summed E-state index contributed by atoms with van der Waals surface area (Å²) in [5.74, 6) is -1.44. The van der Waals surface area contributed by atoms with Gasteiger partial charge in [-0.05, 0) is 18.6 Å². The first kappa shape index (κ1) is 14.2. The monoisotopic (exact) mass is 255 g/mol. The normalized spacial score (nSPS) is 13.9. The van der Waals surface area contributed by atoms with Crippen molar-refractivity contribution in [1.82, 2.24) is 5.06 Å². The highest BCUT2D eigenvalue weighted by atomic mass is 16.5. The molecule has 0 spiro atoms. The molecule has 100 valence electrons. The molecular weight excluding hydrogens is 238 g/mol. The maximum Gasteiger partial charge on any atom is 0.309 e. The van der Waals surface area contributed by atoms with Gasteiger partial charge in [-0.25, -0.2) is 5.06 Å². The third-order valence-corrected chi connectivity index (χ3v) is 2.82. The van der Waals surface area contributed by atoms with Crippen LogP contribution in [0.4, 0.5) is 0 Å². The molecule has 18 heavy (non-hydrogen) atoms. The lowest BCUT2D eigenvalue weighted by molar-refractivity contribution is -0.172.